The highest BCUT2D eigenvalue weighted by atomic mass is 19.1. The van der Waals surface area contributed by atoms with Gasteiger partial charge in [-0.25, -0.2) is 4.39 Å². The molecule has 2 amide bonds. The number of nitrogens with zero attached hydrogens (tertiary/aromatic N) is 3. The molecule has 6 nitrogen and oxygen atoms in total. The SMILES string of the molecule is O=C(CN1CCN(Cc2ccccc2)CC1)NC1CCN(C(=O)c2ccccc2F)CC1. The van der Waals surface area contributed by atoms with Crippen LogP contribution in [0.4, 0.5) is 4.39 Å². The molecule has 0 unspecified atom stereocenters. The molecule has 0 radical (unpaired) electrons. The maximum Gasteiger partial charge on any atom is 0.256 e. The number of amides is 2. The summed E-state index contributed by atoms with van der Waals surface area (Å²) in [5, 5.41) is 3.12. The number of piperazine rings is 1. The third-order valence-corrected chi connectivity index (χ3v) is 6.33. The van der Waals surface area contributed by atoms with Crippen molar-refractivity contribution >= 4 is 11.8 Å². The number of carbonyl (C=O) groups is 2. The van der Waals surface area contributed by atoms with Crippen LogP contribution in [-0.2, 0) is 11.3 Å². The second kappa shape index (κ2) is 10.7. The minimum atomic E-state index is -0.489. The summed E-state index contributed by atoms with van der Waals surface area (Å²) in [4.78, 5) is 31.4. The van der Waals surface area contributed by atoms with Crippen molar-refractivity contribution in [2.45, 2.75) is 25.4 Å². The van der Waals surface area contributed by atoms with Crippen molar-refractivity contribution in [3.8, 4) is 0 Å². The van der Waals surface area contributed by atoms with Crippen LogP contribution >= 0.6 is 0 Å². The Labute approximate surface area is 189 Å². The molecule has 170 valence electrons. The zero-order chi connectivity index (χ0) is 22.3. The van der Waals surface area contributed by atoms with Gasteiger partial charge in [-0.15, -0.1) is 0 Å². The third kappa shape index (κ3) is 5.93. The lowest BCUT2D eigenvalue weighted by atomic mass is 10.0. The van der Waals surface area contributed by atoms with Crippen molar-refractivity contribution in [1.29, 1.82) is 0 Å². The van der Waals surface area contributed by atoms with E-state index < -0.39 is 5.82 Å². The van der Waals surface area contributed by atoms with Gasteiger partial charge in [0.15, 0.2) is 0 Å². The van der Waals surface area contributed by atoms with E-state index in [-0.39, 0.29) is 23.4 Å². The summed E-state index contributed by atoms with van der Waals surface area (Å²) in [5.74, 6) is -0.724. The number of carbonyl (C=O) groups excluding carboxylic acids is 2. The lowest BCUT2D eigenvalue weighted by Crippen LogP contribution is -2.52. The first-order valence-corrected chi connectivity index (χ1v) is 11.4. The molecule has 2 aromatic rings. The van der Waals surface area contributed by atoms with E-state index in [1.807, 2.05) is 6.07 Å². The summed E-state index contributed by atoms with van der Waals surface area (Å²) in [6, 6.07) is 16.6. The fourth-order valence-corrected chi connectivity index (χ4v) is 4.46. The molecule has 0 bridgehead atoms. The largest absolute Gasteiger partial charge is 0.352 e. The minimum Gasteiger partial charge on any atom is -0.352 e. The van der Waals surface area contributed by atoms with Crippen molar-refractivity contribution in [3.63, 3.8) is 0 Å². The molecular formula is C25H31FN4O2. The Bertz CT molecular complexity index is 907. The highest BCUT2D eigenvalue weighted by Gasteiger charge is 2.26. The van der Waals surface area contributed by atoms with E-state index in [1.54, 1.807) is 17.0 Å². The molecule has 1 N–H and O–H groups in total. The van der Waals surface area contributed by atoms with Gasteiger partial charge in [-0.1, -0.05) is 42.5 Å². The first-order valence-electron chi connectivity index (χ1n) is 11.4. The van der Waals surface area contributed by atoms with Gasteiger partial charge in [-0.2, -0.15) is 0 Å². The Balaban J connectivity index is 1.16. The monoisotopic (exact) mass is 438 g/mol. The molecule has 0 spiro atoms. The number of hydrogen-bond donors (Lipinski definition) is 1. The molecule has 2 fully saturated rings. The molecule has 32 heavy (non-hydrogen) atoms. The maximum atomic E-state index is 13.9. The second-order valence-electron chi connectivity index (χ2n) is 8.65. The van der Waals surface area contributed by atoms with E-state index in [1.165, 1.54) is 17.7 Å². The third-order valence-electron chi connectivity index (χ3n) is 6.33. The highest BCUT2D eigenvalue weighted by Crippen LogP contribution is 2.16. The molecular weight excluding hydrogens is 407 g/mol. The van der Waals surface area contributed by atoms with Crippen LogP contribution in [0.1, 0.15) is 28.8 Å². The van der Waals surface area contributed by atoms with Gasteiger partial charge in [0.1, 0.15) is 5.82 Å². The predicted molar refractivity (Wildman–Crippen MR) is 122 cm³/mol. The van der Waals surface area contributed by atoms with Crippen LogP contribution in [0.2, 0.25) is 0 Å². The summed E-state index contributed by atoms with van der Waals surface area (Å²) in [7, 11) is 0. The van der Waals surface area contributed by atoms with Crippen LogP contribution in [0.5, 0.6) is 0 Å². The van der Waals surface area contributed by atoms with E-state index in [0.29, 0.717) is 32.5 Å². The average Bonchev–Trinajstić information content (AvgIpc) is 2.81. The number of benzene rings is 2. The van der Waals surface area contributed by atoms with E-state index in [9.17, 15) is 14.0 Å². The van der Waals surface area contributed by atoms with E-state index in [2.05, 4.69) is 39.4 Å². The van der Waals surface area contributed by atoms with Crippen molar-refractivity contribution in [3.05, 3.63) is 71.5 Å². The lowest BCUT2D eigenvalue weighted by Gasteiger charge is -2.35. The molecule has 2 saturated heterocycles. The van der Waals surface area contributed by atoms with E-state index in [4.69, 9.17) is 0 Å². The molecule has 0 aromatic heterocycles. The molecule has 2 heterocycles. The van der Waals surface area contributed by atoms with Gasteiger partial charge in [0.25, 0.3) is 5.91 Å². The van der Waals surface area contributed by atoms with Gasteiger partial charge < -0.3 is 10.2 Å². The van der Waals surface area contributed by atoms with Gasteiger partial charge in [0.2, 0.25) is 5.91 Å². The van der Waals surface area contributed by atoms with Crippen LogP contribution in [0, 0.1) is 5.82 Å². The number of halogens is 1. The molecule has 4 rings (SSSR count). The summed E-state index contributed by atoms with van der Waals surface area (Å²) in [5.41, 5.74) is 1.43. The fraction of sp³-hybridized carbons (Fsp3) is 0.440. The molecule has 7 heteroatoms. The van der Waals surface area contributed by atoms with Gasteiger partial charge in [0, 0.05) is 51.9 Å². The summed E-state index contributed by atoms with van der Waals surface area (Å²) in [6.07, 6.45) is 1.38. The highest BCUT2D eigenvalue weighted by molar-refractivity contribution is 5.94. The maximum absolute atomic E-state index is 13.9. The fourth-order valence-electron chi connectivity index (χ4n) is 4.46. The van der Waals surface area contributed by atoms with Crippen molar-refractivity contribution < 1.29 is 14.0 Å². The minimum absolute atomic E-state index is 0.0420. The van der Waals surface area contributed by atoms with Crippen LogP contribution in [-0.4, -0.2) is 78.4 Å². The first-order chi connectivity index (χ1) is 15.6. The Kier molecular flexibility index (Phi) is 7.50. The molecule has 2 aliphatic rings. The van der Waals surface area contributed by atoms with Crippen molar-refractivity contribution in [2.75, 3.05) is 45.8 Å². The predicted octanol–water partition coefficient (Wildman–Crippen LogP) is 2.36. The van der Waals surface area contributed by atoms with Crippen LogP contribution in [0.15, 0.2) is 54.6 Å². The van der Waals surface area contributed by atoms with Gasteiger partial charge in [0.05, 0.1) is 12.1 Å². The van der Waals surface area contributed by atoms with Crippen LogP contribution in [0.25, 0.3) is 0 Å². The number of piperidine rings is 1. The Morgan fingerprint density at radius 2 is 1.47 bits per heavy atom. The topological polar surface area (TPSA) is 55.9 Å². The summed E-state index contributed by atoms with van der Waals surface area (Å²) in [6.45, 7) is 6.09. The number of rotatable bonds is 6. The van der Waals surface area contributed by atoms with Gasteiger partial charge in [-0.05, 0) is 30.5 Å². The van der Waals surface area contributed by atoms with Crippen LogP contribution < -0.4 is 5.32 Å². The van der Waals surface area contributed by atoms with E-state index in [0.717, 1.165) is 32.7 Å². The van der Waals surface area contributed by atoms with Gasteiger partial charge >= 0.3 is 0 Å². The molecule has 0 atom stereocenters. The molecule has 2 aliphatic heterocycles. The van der Waals surface area contributed by atoms with Crippen molar-refractivity contribution in [1.82, 2.24) is 20.0 Å². The van der Waals surface area contributed by atoms with Crippen molar-refractivity contribution in [2.24, 2.45) is 0 Å². The Hall–Kier alpha value is -2.77. The second-order valence-corrected chi connectivity index (χ2v) is 8.65. The smallest absolute Gasteiger partial charge is 0.256 e. The quantitative estimate of drug-likeness (QED) is 0.753. The zero-order valence-electron chi connectivity index (χ0n) is 18.4. The number of nitrogens with one attached hydrogen (secondary N) is 1. The Morgan fingerprint density at radius 1 is 0.844 bits per heavy atom. The summed E-state index contributed by atoms with van der Waals surface area (Å²) >= 11 is 0. The van der Waals surface area contributed by atoms with Gasteiger partial charge in [-0.3, -0.25) is 19.4 Å². The number of likely N-dealkylation sites (tertiary alicyclic amines) is 1. The first kappa shape index (κ1) is 22.4. The summed E-state index contributed by atoms with van der Waals surface area (Å²) < 4.78 is 13.9. The number of hydrogen-bond acceptors (Lipinski definition) is 4. The average molecular weight is 439 g/mol. The Morgan fingerprint density at radius 3 is 2.16 bits per heavy atom. The molecule has 0 saturated carbocycles. The zero-order valence-corrected chi connectivity index (χ0v) is 18.4. The normalized spacial score (nSPS) is 18.5. The molecule has 2 aromatic carbocycles. The molecule has 0 aliphatic carbocycles. The standard InChI is InChI=1S/C25H31FN4O2/c26-23-9-5-4-8-22(23)25(32)30-12-10-21(11-13-30)27-24(31)19-29-16-14-28(15-17-29)18-20-6-2-1-3-7-20/h1-9,21H,10-19H2,(H,27,31). The van der Waals surface area contributed by atoms with Crippen LogP contribution in [0.3, 0.4) is 0 Å². The van der Waals surface area contributed by atoms with E-state index >= 15 is 0 Å². The lowest BCUT2D eigenvalue weighted by molar-refractivity contribution is -0.123.